The maximum absolute atomic E-state index is 12.0. The van der Waals surface area contributed by atoms with Gasteiger partial charge in [-0.3, -0.25) is 0 Å². The average molecular weight is 230 g/mol. The monoisotopic (exact) mass is 230 g/mol. The summed E-state index contributed by atoms with van der Waals surface area (Å²) in [5.74, 6) is -1.01. The summed E-state index contributed by atoms with van der Waals surface area (Å²) in [4.78, 5) is 10.5. The van der Waals surface area contributed by atoms with Crippen LogP contribution in [0.25, 0.3) is 0 Å². The van der Waals surface area contributed by atoms with Crippen LogP contribution in [0.15, 0.2) is 0 Å². The first kappa shape index (κ1) is 11.5. The van der Waals surface area contributed by atoms with Crippen molar-refractivity contribution in [3.8, 4) is 0 Å². The van der Waals surface area contributed by atoms with Gasteiger partial charge in [0.1, 0.15) is 6.29 Å². The highest BCUT2D eigenvalue weighted by Crippen LogP contribution is 2.40. The fourth-order valence-corrected chi connectivity index (χ4v) is 3.67. The number of aldehydes is 1. The molecule has 1 fully saturated rings. The van der Waals surface area contributed by atoms with Gasteiger partial charge in [-0.05, 0) is 6.42 Å². The molecule has 0 amide bonds. The van der Waals surface area contributed by atoms with Gasteiger partial charge in [0.25, 0.3) is 0 Å². The van der Waals surface area contributed by atoms with E-state index in [1.165, 1.54) is 0 Å². The number of rotatable bonds is 2. The molecule has 1 atom stereocenters. The van der Waals surface area contributed by atoms with Gasteiger partial charge in [-0.2, -0.15) is 13.2 Å². The van der Waals surface area contributed by atoms with Crippen LogP contribution in [0, 0.1) is 5.41 Å². The third-order valence-electron chi connectivity index (χ3n) is 2.22. The van der Waals surface area contributed by atoms with E-state index >= 15 is 0 Å². The summed E-state index contributed by atoms with van der Waals surface area (Å²) in [5, 5.41) is 0. The zero-order chi connectivity index (χ0) is 11.0. The van der Waals surface area contributed by atoms with Gasteiger partial charge in [-0.1, -0.05) is 0 Å². The number of sulfone groups is 1. The summed E-state index contributed by atoms with van der Waals surface area (Å²) in [7, 11) is -3.47. The molecule has 0 aromatic rings. The van der Waals surface area contributed by atoms with Gasteiger partial charge < -0.3 is 4.79 Å². The molecule has 14 heavy (non-hydrogen) atoms. The zero-order valence-electron chi connectivity index (χ0n) is 7.17. The summed E-state index contributed by atoms with van der Waals surface area (Å²) in [6, 6.07) is 0. The summed E-state index contributed by atoms with van der Waals surface area (Å²) in [6.07, 6.45) is -5.94. The van der Waals surface area contributed by atoms with Crippen LogP contribution in [0.4, 0.5) is 13.2 Å². The molecule has 0 saturated carbocycles. The van der Waals surface area contributed by atoms with Crippen LogP contribution in [0.1, 0.15) is 12.8 Å². The molecule has 0 bridgehead atoms. The van der Waals surface area contributed by atoms with E-state index in [0.29, 0.717) is 0 Å². The fraction of sp³-hybridized carbons (Fsp3) is 0.857. The number of alkyl halides is 3. The lowest BCUT2D eigenvalue weighted by Crippen LogP contribution is -2.30. The Balaban J connectivity index is 2.86. The Kier molecular flexibility index (Phi) is 2.64. The Morgan fingerprint density at radius 1 is 1.36 bits per heavy atom. The van der Waals surface area contributed by atoms with Gasteiger partial charge in [0.15, 0.2) is 9.84 Å². The molecule has 82 valence electrons. The van der Waals surface area contributed by atoms with Crippen LogP contribution in [-0.4, -0.2) is 32.4 Å². The van der Waals surface area contributed by atoms with Crippen LogP contribution < -0.4 is 0 Å². The van der Waals surface area contributed by atoms with Gasteiger partial charge in [0.2, 0.25) is 0 Å². The third-order valence-corrected chi connectivity index (χ3v) is 4.06. The SMILES string of the molecule is O=CC1(CC(F)(F)F)CCS(=O)(=O)C1. The molecule has 1 unspecified atom stereocenters. The van der Waals surface area contributed by atoms with Gasteiger partial charge in [0, 0.05) is 5.41 Å². The second-order valence-corrected chi connectivity index (χ2v) is 5.80. The first-order valence-electron chi connectivity index (χ1n) is 3.92. The predicted octanol–water partition coefficient (Wildman–Crippen LogP) is 0.943. The van der Waals surface area contributed by atoms with E-state index in [0.717, 1.165) is 0 Å². The number of hydrogen-bond donors (Lipinski definition) is 0. The molecule has 1 aliphatic rings. The molecule has 7 heteroatoms. The molecular weight excluding hydrogens is 221 g/mol. The lowest BCUT2D eigenvalue weighted by molar-refractivity contribution is -0.159. The largest absolute Gasteiger partial charge is 0.390 e. The van der Waals surface area contributed by atoms with E-state index in [1.807, 2.05) is 0 Å². The lowest BCUT2D eigenvalue weighted by Gasteiger charge is -2.21. The minimum Gasteiger partial charge on any atom is -0.303 e. The van der Waals surface area contributed by atoms with E-state index in [9.17, 15) is 26.4 Å². The Hall–Kier alpha value is -0.590. The van der Waals surface area contributed by atoms with Gasteiger partial charge in [-0.15, -0.1) is 0 Å². The quantitative estimate of drug-likeness (QED) is 0.663. The van der Waals surface area contributed by atoms with Crippen molar-refractivity contribution >= 4 is 16.1 Å². The first-order chi connectivity index (χ1) is 6.18. The molecule has 1 rings (SSSR count). The maximum Gasteiger partial charge on any atom is 0.390 e. The Morgan fingerprint density at radius 3 is 2.21 bits per heavy atom. The van der Waals surface area contributed by atoms with Crippen LogP contribution in [-0.2, 0) is 14.6 Å². The summed E-state index contributed by atoms with van der Waals surface area (Å²) >= 11 is 0. The second-order valence-electron chi connectivity index (χ2n) is 3.61. The lowest BCUT2D eigenvalue weighted by atomic mass is 9.85. The molecule has 0 spiro atoms. The molecule has 0 aromatic heterocycles. The summed E-state index contributed by atoms with van der Waals surface area (Å²) in [6.45, 7) is 0. The maximum atomic E-state index is 12.0. The highest BCUT2D eigenvalue weighted by molar-refractivity contribution is 7.91. The highest BCUT2D eigenvalue weighted by Gasteiger charge is 2.49. The fourth-order valence-electron chi connectivity index (χ4n) is 1.61. The molecule has 0 radical (unpaired) electrons. The van der Waals surface area contributed by atoms with Crippen LogP contribution in [0.2, 0.25) is 0 Å². The van der Waals surface area contributed by atoms with Gasteiger partial charge >= 0.3 is 6.18 Å². The molecule has 1 heterocycles. The van der Waals surface area contributed by atoms with E-state index < -0.39 is 33.6 Å². The zero-order valence-corrected chi connectivity index (χ0v) is 7.99. The van der Waals surface area contributed by atoms with E-state index in [-0.39, 0.29) is 18.5 Å². The first-order valence-corrected chi connectivity index (χ1v) is 5.74. The predicted molar refractivity (Wildman–Crippen MR) is 42.4 cm³/mol. The normalized spacial score (nSPS) is 31.6. The Morgan fingerprint density at radius 2 is 1.93 bits per heavy atom. The molecule has 1 saturated heterocycles. The Labute approximate surface area is 79.2 Å². The minimum atomic E-state index is -4.50. The molecule has 3 nitrogen and oxygen atoms in total. The third kappa shape index (κ3) is 2.70. The number of hydrogen-bond acceptors (Lipinski definition) is 3. The molecular formula is C7H9F3O3S. The Bertz CT molecular complexity index is 333. The van der Waals surface area contributed by atoms with Crippen molar-refractivity contribution in [2.45, 2.75) is 19.0 Å². The van der Waals surface area contributed by atoms with Crippen molar-refractivity contribution in [2.24, 2.45) is 5.41 Å². The van der Waals surface area contributed by atoms with Crippen LogP contribution in [0.3, 0.4) is 0 Å². The smallest absolute Gasteiger partial charge is 0.303 e. The molecule has 0 N–H and O–H groups in total. The minimum absolute atomic E-state index is 0.130. The molecule has 0 aliphatic carbocycles. The van der Waals surface area contributed by atoms with Gasteiger partial charge in [0.05, 0.1) is 17.9 Å². The van der Waals surface area contributed by atoms with Crippen LogP contribution in [0.5, 0.6) is 0 Å². The van der Waals surface area contributed by atoms with Crippen molar-refractivity contribution in [1.29, 1.82) is 0 Å². The topological polar surface area (TPSA) is 51.2 Å². The van der Waals surface area contributed by atoms with Crippen molar-refractivity contribution in [3.05, 3.63) is 0 Å². The van der Waals surface area contributed by atoms with Crippen molar-refractivity contribution < 1.29 is 26.4 Å². The van der Waals surface area contributed by atoms with E-state index in [4.69, 9.17) is 0 Å². The van der Waals surface area contributed by atoms with Crippen molar-refractivity contribution in [1.82, 2.24) is 0 Å². The number of halogens is 3. The molecule has 0 aromatic carbocycles. The number of carbonyl (C=O) groups excluding carboxylic acids is 1. The van der Waals surface area contributed by atoms with E-state index in [1.54, 1.807) is 0 Å². The summed E-state index contributed by atoms with van der Waals surface area (Å²) in [5.41, 5.74) is -1.74. The van der Waals surface area contributed by atoms with Crippen LogP contribution >= 0.6 is 0 Å². The van der Waals surface area contributed by atoms with E-state index in [2.05, 4.69) is 0 Å². The van der Waals surface area contributed by atoms with Crippen molar-refractivity contribution in [3.63, 3.8) is 0 Å². The summed E-state index contributed by atoms with van der Waals surface area (Å²) < 4.78 is 58.0. The second kappa shape index (κ2) is 3.22. The highest BCUT2D eigenvalue weighted by atomic mass is 32.2. The number of carbonyl (C=O) groups is 1. The molecule has 1 aliphatic heterocycles. The van der Waals surface area contributed by atoms with Gasteiger partial charge in [-0.25, -0.2) is 8.42 Å². The average Bonchev–Trinajstić information content (AvgIpc) is 2.24. The van der Waals surface area contributed by atoms with Crippen molar-refractivity contribution in [2.75, 3.05) is 11.5 Å². The standard InChI is InChI=1S/C7H9F3O3S/c8-7(9,10)3-6(4-11)1-2-14(12,13)5-6/h4H,1-3,5H2.